The molecule has 0 saturated heterocycles. The van der Waals surface area contributed by atoms with Crippen LogP contribution in [0.15, 0.2) is 29.0 Å². The molecule has 1 unspecified atom stereocenters. The van der Waals surface area contributed by atoms with E-state index in [0.717, 1.165) is 12.1 Å². The quantitative estimate of drug-likeness (QED) is 0.733. The highest BCUT2D eigenvalue weighted by atomic mass is 16.3. The number of hydrogen-bond donors (Lipinski definition) is 0. The molecule has 0 aromatic carbocycles. The van der Waals surface area contributed by atoms with Crippen molar-refractivity contribution in [3.05, 3.63) is 24.6 Å². The van der Waals surface area contributed by atoms with Gasteiger partial charge >= 0.3 is 0 Å². The number of hydrogen-bond acceptors (Lipinski definition) is 1. The van der Waals surface area contributed by atoms with Gasteiger partial charge in [0.1, 0.15) is 0 Å². The number of nitrogens with zero attached hydrogens (tertiary/aromatic N) is 1. The van der Waals surface area contributed by atoms with Crippen LogP contribution in [0.4, 0.5) is 0 Å². The van der Waals surface area contributed by atoms with Crippen molar-refractivity contribution in [3.8, 4) is 0 Å². The van der Waals surface area contributed by atoms with E-state index in [0.29, 0.717) is 0 Å². The Balaban J connectivity index is 2.48. The molecule has 15 heavy (non-hydrogen) atoms. The van der Waals surface area contributed by atoms with Gasteiger partial charge in [-0.25, -0.2) is 0 Å². The highest BCUT2D eigenvalue weighted by Crippen LogP contribution is 2.31. The van der Waals surface area contributed by atoms with Crippen molar-refractivity contribution in [3.63, 3.8) is 0 Å². The van der Waals surface area contributed by atoms with E-state index in [1.54, 1.807) is 6.26 Å². The van der Waals surface area contributed by atoms with Crippen LogP contribution < -0.4 is 0 Å². The smallest absolute Gasteiger partial charge is 0.207 e. The molecule has 0 aliphatic carbocycles. The van der Waals surface area contributed by atoms with Crippen molar-refractivity contribution in [2.75, 3.05) is 0 Å². The van der Waals surface area contributed by atoms with Gasteiger partial charge in [0.15, 0.2) is 0 Å². The minimum atomic E-state index is 0.189. The maximum absolute atomic E-state index is 5.55. The van der Waals surface area contributed by atoms with Crippen LogP contribution in [-0.4, -0.2) is 4.57 Å². The SMILES string of the molecule is CCCC(C)(CC)n1ccc2ccoc21. The first-order chi connectivity index (χ1) is 7.21. The number of rotatable bonds is 4. The molecule has 1 atom stereocenters. The van der Waals surface area contributed by atoms with Gasteiger partial charge in [0.25, 0.3) is 0 Å². The topological polar surface area (TPSA) is 18.1 Å². The average Bonchev–Trinajstić information content (AvgIpc) is 2.78. The summed E-state index contributed by atoms with van der Waals surface area (Å²) in [5, 5.41) is 1.20. The van der Waals surface area contributed by atoms with Crippen molar-refractivity contribution in [2.24, 2.45) is 0 Å². The summed E-state index contributed by atoms with van der Waals surface area (Å²) >= 11 is 0. The van der Waals surface area contributed by atoms with E-state index in [1.807, 2.05) is 6.07 Å². The van der Waals surface area contributed by atoms with Crippen molar-refractivity contribution in [2.45, 2.75) is 45.6 Å². The third kappa shape index (κ3) is 1.58. The summed E-state index contributed by atoms with van der Waals surface area (Å²) < 4.78 is 7.83. The van der Waals surface area contributed by atoms with Crippen molar-refractivity contribution >= 4 is 11.1 Å². The monoisotopic (exact) mass is 205 g/mol. The summed E-state index contributed by atoms with van der Waals surface area (Å²) in [6, 6.07) is 4.15. The molecule has 0 aliphatic rings. The van der Waals surface area contributed by atoms with Gasteiger partial charge in [-0.3, -0.25) is 0 Å². The Morgan fingerprint density at radius 2 is 2.13 bits per heavy atom. The lowest BCUT2D eigenvalue weighted by Crippen LogP contribution is -2.28. The first-order valence-electron chi connectivity index (χ1n) is 5.76. The average molecular weight is 205 g/mol. The number of furan rings is 1. The zero-order valence-electron chi connectivity index (χ0n) is 9.79. The van der Waals surface area contributed by atoms with Gasteiger partial charge in [-0.1, -0.05) is 20.3 Å². The van der Waals surface area contributed by atoms with E-state index in [9.17, 15) is 0 Å². The van der Waals surface area contributed by atoms with Crippen LogP contribution in [0.1, 0.15) is 40.0 Å². The fraction of sp³-hybridized carbons (Fsp3) is 0.538. The molecule has 0 spiro atoms. The second-order valence-electron chi connectivity index (χ2n) is 4.47. The van der Waals surface area contributed by atoms with Gasteiger partial charge in [-0.2, -0.15) is 0 Å². The molecule has 0 fully saturated rings. The Kier molecular flexibility index (Phi) is 2.59. The van der Waals surface area contributed by atoms with Crippen LogP contribution in [0.5, 0.6) is 0 Å². The van der Waals surface area contributed by atoms with E-state index in [4.69, 9.17) is 4.42 Å². The Hall–Kier alpha value is -1.18. The molecular formula is C13H19NO. The maximum Gasteiger partial charge on any atom is 0.207 e. The van der Waals surface area contributed by atoms with Crippen molar-refractivity contribution in [1.82, 2.24) is 4.57 Å². The lowest BCUT2D eigenvalue weighted by molar-refractivity contribution is 0.278. The maximum atomic E-state index is 5.55. The van der Waals surface area contributed by atoms with E-state index in [-0.39, 0.29) is 5.54 Å². The van der Waals surface area contributed by atoms with E-state index >= 15 is 0 Å². The molecular weight excluding hydrogens is 186 g/mol. The van der Waals surface area contributed by atoms with Gasteiger partial charge in [-0.05, 0) is 31.9 Å². The van der Waals surface area contributed by atoms with Crippen LogP contribution in [0.2, 0.25) is 0 Å². The molecule has 0 radical (unpaired) electrons. The summed E-state index contributed by atoms with van der Waals surface area (Å²) in [7, 11) is 0. The lowest BCUT2D eigenvalue weighted by Gasteiger charge is -2.30. The minimum absolute atomic E-state index is 0.189. The molecule has 0 saturated carbocycles. The summed E-state index contributed by atoms with van der Waals surface area (Å²) in [5.74, 6) is 0. The molecule has 2 aromatic heterocycles. The number of aromatic nitrogens is 1. The highest BCUT2D eigenvalue weighted by molar-refractivity contribution is 5.74. The Labute approximate surface area is 90.9 Å². The normalized spacial score (nSPS) is 15.7. The molecule has 0 N–H and O–H groups in total. The fourth-order valence-corrected chi connectivity index (χ4v) is 2.29. The summed E-state index contributed by atoms with van der Waals surface area (Å²) in [4.78, 5) is 0. The van der Waals surface area contributed by atoms with Gasteiger partial charge in [0, 0.05) is 17.1 Å². The molecule has 2 nitrogen and oxygen atoms in total. The molecule has 0 bridgehead atoms. The molecule has 0 aliphatic heterocycles. The molecule has 2 heteroatoms. The van der Waals surface area contributed by atoms with Crippen molar-refractivity contribution in [1.29, 1.82) is 0 Å². The van der Waals surface area contributed by atoms with Crippen LogP contribution in [-0.2, 0) is 5.54 Å². The Morgan fingerprint density at radius 3 is 2.80 bits per heavy atom. The van der Waals surface area contributed by atoms with Crippen LogP contribution in [0.25, 0.3) is 11.1 Å². The second kappa shape index (κ2) is 3.76. The first-order valence-corrected chi connectivity index (χ1v) is 5.76. The molecule has 82 valence electrons. The van der Waals surface area contributed by atoms with Crippen LogP contribution in [0, 0.1) is 0 Å². The molecule has 2 aromatic rings. The van der Waals surface area contributed by atoms with Crippen molar-refractivity contribution < 1.29 is 4.42 Å². The van der Waals surface area contributed by atoms with Gasteiger partial charge in [-0.15, -0.1) is 0 Å². The van der Waals surface area contributed by atoms with Gasteiger partial charge < -0.3 is 8.98 Å². The summed E-state index contributed by atoms with van der Waals surface area (Å²) in [5.41, 5.74) is 1.20. The molecule has 0 amide bonds. The van der Waals surface area contributed by atoms with Crippen LogP contribution >= 0.6 is 0 Å². The number of fused-ring (bicyclic) bond motifs is 1. The van der Waals surface area contributed by atoms with Crippen LogP contribution in [0.3, 0.4) is 0 Å². The van der Waals surface area contributed by atoms with E-state index in [2.05, 4.69) is 37.6 Å². The van der Waals surface area contributed by atoms with E-state index in [1.165, 1.54) is 18.2 Å². The van der Waals surface area contributed by atoms with E-state index < -0.39 is 0 Å². The predicted molar refractivity (Wildman–Crippen MR) is 63.1 cm³/mol. The fourth-order valence-electron chi connectivity index (χ4n) is 2.29. The Bertz CT molecular complexity index is 440. The standard InChI is InChI=1S/C13H19NO/c1-4-8-13(3,5-2)14-9-6-11-7-10-15-12(11)14/h6-7,9-10H,4-5,8H2,1-3H3. The zero-order chi connectivity index (χ0) is 10.9. The lowest BCUT2D eigenvalue weighted by atomic mass is 9.93. The Morgan fingerprint density at radius 1 is 1.33 bits per heavy atom. The minimum Gasteiger partial charge on any atom is -0.448 e. The second-order valence-corrected chi connectivity index (χ2v) is 4.47. The summed E-state index contributed by atoms with van der Waals surface area (Å²) in [6.07, 6.45) is 7.43. The molecule has 2 rings (SSSR count). The largest absolute Gasteiger partial charge is 0.448 e. The highest BCUT2D eigenvalue weighted by Gasteiger charge is 2.25. The van der Waals surface area contributed by atoms with Gasteiger partial charge in [0.2, 0.25) is 5.71 Å². The predicted octanol–water partition coefficient (Wildman–Crippen LogP) is 4.16. The summed E-state index contributed by atoms with van der Waals surface area (Å²) in [6.45, 7) is 6.78. The third-order valence-corrected chi connectivity index (χ3v) is 3.43. The first kappa shape index (κ1) is 10.3. The van der Waals surface area contributed by atoms with Gasteiger partial charge in [0.05, 0.1) is 6.26 Å². The molecule has 2 heterocycles. The third-order valence-electron chi connectivity index (χ3n) is 3.43. The zero-order valence-corrected chi connectivity index (χ0v) is 9.79.